The maximum atomic E-state index is 12.5. The summed E-state index contributed by atoms with van der Waals surface area (Å²) in [5.41, 5.74) is 3.50. The third-order valence-corrected chi connectivity index (χ3v) is 4.19. The Balaban J connectivity index is 1.77. The first-order chi connectivity index (χ1) is 12.1. The summed E-state index contributed by atoms with van der Waals surface area (Å²) in [5, 5.41) is 5.73. The van der Waals surface area contributed by atoms with Gasteiger partial charge in [0.1, 0.15) is 6.04 Å². The highest BCUT2D eigenvalue weighted by molar-refractivity contribution is 6.06. The summed E-state index contributed by atoms with van der Waals surface area (Å²) in [7, 11) is 0. The van der Waals surface area contributed by atoms with Gasteiger partial charge in [-0.3, -0.25) is 9.59 Å². The molecule has 2 N–H and O–H groups in total. The fraction of sp³-hybridized carbons (Fsp3) is 0.200. The Labute approximate surface area is 147 Å². The molecule has 1 aliphatic rings. The first kappa shape index (κ1) is 16.8. The Morgan fingerprint density at radius 2 is 1.96 bits per heavy atom. The number of rotatable bonds is 5. The lowest BCUT2D eigenvalue weighted by molar-refractivity contribution is -0.122. The van der Waals surface area contributed by atoms with Crippen LogP contribution in [0.5, 0.6) is 0 Å². The van der Waals surface area contributed by atoms with Gasteiger partial charge in [0.2, 0.25) is 11.8 Å². The van der Waals surface area contributed by atoms with Crippen LogP contribution in [0.2, 0.25) is 0 Å². The average molecular weight is 335 g/mol. The molecule has 1 heterocycles. The van der Waals surface area contributed by atoms with Crippen molar-refractivity contribution in [1.29, 1.82) is 0 Å². The average Bonchev–Trinajstić information content (AvgIpc) is 2.60. The van der Waals surface area contributed by atoms with Gasteiger partial charge in [-0.15, -0.1) is 6.58 Å². The number of carbonyl (C=O) groups is 2. The number of carbonyl (C=O) groups excluding carboxylic acids is 2. The zero-order chi connectivity index (χ0) is 17.8. The number of aryl methyl sites for hydroxylation is 1. The van der Waals surface area contributed by atoms with Gasteiger partial charge in [-0.1, -0.05) is 35.9 Å². The minimum Gasteiger partial charge on any atom is -0.354 e. The van der Waals surface area contributed by atoms with E-state index in [0.29, 0.717) is 6.54 Å². The number of amides is 2. The summed E-state index contributed by atoms with van der Waals surface area (Å²) in [6.07, 6.45) is 1.81. The molecule has 5 heteroatoms. The van der Waals surface area contributed by atoms with Gasteiger partial charge in [-0.05, 0) is 31.2 Å². The van der Waals surface area contributed by atoms with E-state index in [0.717, 1.165) is 22.6 Å². The molecule has 128 valence electrons. The van der Waals surface area contributed by atoms with E-state index in [9.17, 15) is 9.59 Å². The number of hydrogen-bond acceptors (Lipinski definition) is 3. The third kappa shape index (κ3) is 3.71. The van der Waals surface area contributed by atoms with Crippen LogP contribution in [-0.4, -0.2) is 24.4 Å². The zero-order valence-corrected chi connectivity index (χ0v) is 14.2. The molecule has 25 heavy (non-hydrogen) atoms. The SMILES string of the molecule is C=CCN1c2ccccc2NC(=O)C1CC(=O)Nc1ccc(C)cc1. The predicted octanol–water partition coefficient (Wildman–Crippen LogP) is 3.34. The molecule has 2 aromatic rings. The second-order valence-electron chi connectivity index (χ2n) is 6.08. The van der Waals surface area contributed by atoms with E-state index in [1.54, 1.807) is 6.08 Å². The van der Waals surface area contributed by atoms with Gasteiger partial charge in [0.25, 0.3) is 0 Å². The second-order valence-corrected chi connectivity index (χ2v) is 6.08. The molecule has 0 bridgehead atoms. The molecule has 0 fully saturated rings. The molecule has 3 rings (SSSR count). The van der Waals surface area contributed by atoms with Crippen LogP contribution in [-0.2, 0) is 9.59 Å². The van der Waals surface area contributed by atoms with E-state index in [2.05, 4.69) is 17.2 Å². The second kappa shape index (κ2) is 7.21. The molecule has 0 saturated carbocycles. The van der Waals surface area contributed by atoms with Crippen molar-refractivity contribution in [3.05, 3.63) is 66.7 Å². The molecular formula is C20H21N3O2. The molecular weight excluding hydrogens is 314 g/mol. The number of fused-ring (bicyclic) bond motifs is 1. The Kier molecular flexibility index (Phi) is 4.84. The normalized spacial score (nSPS) is 16.0. The molecule has 0 aromatic heterocycles. The van der Waals surface area contributed by atoms with Crippen molar-refractivity contribution in [2.75, 3.05) is 22.1 Å². The lowest BCUT2D eigenvalue weighted by Gasteiger charge is -2.37. The van der Waals surface area contributed by atoms with Crippen LogP contribution in [0, 0.1) is 6.92 Å². The summed E-state index contributed by atoms with van der Waals surface area (Å²) in [5.74, 6) is -0.378. The van der Waals surface area contributed by atoms with E-state index < -0.39 is 6.04 Å². The summed E-state index contributed by atoms with van der Waals surface area (Å²) in [6.45, 7) is 6.25. The topological polar surface area (TPSA) is 61.4 Å². The van der Waals surface area contributed by atoms with Gasteiger partial charge >= 0.3 is 0 Å². The fourth-order valence-electron chi connectivity index (χ4n) is 2.95. The summed E-state index contributed by atoms with van der Waals surface area (Å²) in [6, 6.07) is 14.6. The van der Waals surface area contributed by atoms with Crippen LogP contribution >= 0.6 is 0 Å². The van der Waals surface area contributed by atoms with Gasteiger partial charge in [0.15, 0.2) is 0 Å². The van der Waals surface area contributed by atoms with Crippen LogP contribution in [0.25, 0.3) is 0 Å². The highest BCUT2D eigenvalue weighted by Crippen LogP contribution is 2.32. The summed E-state index contributed by atoms with van der Waals surface area (Å²) >= 11 is 0. The monoisotopic (exact) mass is 335 g/mol. The van der Waals surface area contributed by atoms with Crippen LogP contribution < -0.4 is 15.5 Å². The molecule has 0 radical (unpaired) electrons. The molecule has 2 aromatic carbocycles. The van der Waals surface area contributed by atoms with Crippen LogP contribution in [0.3, 0.4) is 0 Å². The zero-order valence-electron chi connectivity index (χ0n) is 14.2. The van der Waals surface area contributed by atoms with Crippen LogP contribution in [0.1, 0.15) is 12.0 Å². The Hall–Kier alpha value is -3.08. The first-order valence-corrected chi connectivity index (χ1v) is 8.22. The summed E-state index contributed by atoms with van der Waals surface area (Å²) in [4.78, 5) is 26.8. The van der Waals surface area contributed by atoms with E-state index in [-0.39, 0.29) is 18.2 Å². The van der Waals surface area contributed by atoms with E-state index in [1.165, 1.54) is 0 Å². The van der Waals surface area contributed by atoms with Crippen molar-refractivity contribution in [1.82, 2.24) is 0 Å². The number of para-hydroxylation sites is 2. The van der Waals surface area contributed by atoms with Gasteiger partial charge < -0.3 is 15.5 Å². The number of benzene rings is 2. The number of hydrogen-bond donors (Lipinski definition) is 2. The van der Waals surface area contributed by atoms with Crippen LogP contribution in [0.15, 0.2) is 61.2 Å². The Morgan fingerprint density at radius 3 is 2.68 bits per heavy atom. The van der Waals surface area contributed by atoms with Gasteiger partial charge in [-0.2, -0.15) is 0 Å². The van der Waals surface area contributed by atoms with Crippen LogP contribution in [0.4, 0.5) is 17.1 Å². The van der Waals surface area contributed by atoms with Gasteiger partial charge in [0, 0.05) is 12.2 Å². The van der Waals surface area contributed by atoms with Crippen molar-refractivity contribution in [3.8, 4) is 0 Å². The molecule has 0 aliphatic carbocycles. The lowest BCUT2D eigenvalue weighted by Crippen LogP contribution is -2.49. The van der Waals surface area contributed by atoms with Gasteiger partial charge in [-0.25, -0.2) is 0 Å². The fourth-order valence-corrected chi connectivity index (χ4v) is 2.95. The number of nitrogens with one attached hydrogen (secondary N) is 2. The highest BCUT2D eigenvalue weighted by atomic mass is 16.2. The first-order valence-electron chi connectivity index (χ1n) is 8.22. The Morgan fingerprint density at radius 1 is 1.24 bits per heavy atom. The molecule has 1 atom stereocenters. The Bertz CT molecular complexity index is 799. The van der Waals surface area contributed by atoms with Gasteiger partial charge in [0.05, 0.1) is 17.8 Å². The molecule has 0 spiro atoms. The van der Waals surface area contributed by atoms with Crippen molar-refractivity contribution in [2.24, 2.45) is 0 Å². The largest absolute Gasteiger partial charge is 0.354 e. The number of nitrogens with zero attached hydrogens (tertiary/aromatic N) is 1. The van der Waals surface area contributed by atoms with Crippen molar-refractivity contribution in [3.63, 3.8) is 0 Å². The van der Waals surface area contributed by atoms with Crippen molar-refractivity contribution >= 4 is 28.9 Å². The molecule has 1 unspecified atom stereocenters. The standard InChI is InChI=1S/C20H21N3O2/c1-3-12-23-17-7-5-4-6-16(17)22-20(25)18(23)13-19(24)21-15-10-8-14(2)9-11-15/h3-11,18H,1,12-13H2,2H3,(H,21,24)(H,22,25). The predicted molar refractivity (Wildman–Crippen MR) is 101 cm³/mol. The number of anilines is 3. The maximum Gasteiger partial charge on any atom is 0.247 e. The van der Waals surface area contributed by atoms with E-state index in [4.69, 9.17) is 0 Å². The van der Waals surface area contributed by atoms with Crippen molar-refractivity contribution in [2.45, 2.75) is 19.4 Å². The van der Waals surface area contributed by atoms with E-state index in [1.807, 2.05) is 60.4 Å². The quantitative estimate of drug-likeness (QED) is 0.824. The van der Waals surface area contributed by atoms with Crippen molar-refractivity contribution < 1.29 is 9.59 Å². The molecule has 0 saturated heterocycles. The minimum absolute atomic E-state index is 0.0713. The molecule has 1 aliphatic heterocycles. The lowest BCUT2D eigenvalue weighted by atomic mass is 10.0. The smallest absolute Gasteiger partial charge is 0.247 e. The third-order valence-electron chi connectivity index (χ3n) is 4.19. The van der Waals surface area contributed by atoms with E-state index >= 15 is 0 Å². The molecule has 2 amide bonds. The molecule has 5 nitrogen and oxygen atoms in total. The summed E-state index contributed by atoms with van der Waals surface area (Å²) < 4.78 is 0. The maximum absolute atomic E-state index is 12.5. The minimum atomic E-state index is -0.571. The highest BCUT2D eigenvalue weighted by Gasteiger charge is 2.33.